The van der Waals surface area contributed by atoms with Gasteiger partial charge in [0.2, 0.25) is 0 Å². The normalized spacial score (nSPS) is 10.6. The summed E-state index contributed by atoms with van der Waals surface area (Å²) in [4.78, 5) is 8.40. The van der Waals surface area contributed by atoms with Gasteiger partial charge in [-0.05, 0) is 24.3 Å². The van der Waals surface area contributed by atoms with Crippen LogP contribution in [-0.2, 0) is 13.6 Å². The van der Waals surface area contributed by atoms with E-state index in [0.717, 1.165) is 18.1 Å². The number of anilines is 1. The highest BCUT2D eigenvalue weighted by molar-refractivity contribution is 5.43. The first-order valence-electron chi connectivity index (χ1n) is 6.11. The highest BCUT2D eigenvalue weighted by Gasteiger charge is 1.99. The van der Waals surface area contributed by atoms with Crippen molar-refractivity contribution < 1.29 is 0 Å². The van der Waals surface area contributed by atoms with Crippen molar-refractivity contribution in [2.24, 2.45) is 7.05 Å². The Morgan fingerprint density at radius 1 is 1.21 bits per heavy atom. The SMILES string of the molecule is Cn1cccc1CNc1ccc(-n2ccnc2)nc1. The molecule has 19 heavy (non-hydrogen) atoms. The molecule has 0 aromatic carbocycles. The van der Waals surface area contributed by atoms with Crippen LogP contribution in [-0.4, -0.2) is 19.1 Å². The second-order valence-corrected chi connectivity index (χ2v) is 4.34. The molecule has 0 amide bonds. The maximum atomic E-state index is 4.40. The molecule has 0 spiro atoms. The van der Waals surface area contributed by atoms with Gasteiger partial charge >= 0.3 is 0 Å². The van der Waals surface area contributed by atoms with Crippen molar-refractivity contribution in [3.05, 3.63) is 61.1 Å². The Labute approximate surface area is 111 Å². The van der Waals surface area contributed by atoms with E-state index in [9.17, 15) is 0 Å². The van der Waals surface area contributed by atoms with Gasteiger partial charge in [-0.2, -0.15) is 0 Å². The fourth-order valence-electron chi connectivity index (χ4n) is 1.91. The van der Waals surface area contributed by atoms with Crippen molar-refractivity contribution in [1.82, 2.24) is 19.1 Å². The van der Waals surface area contributed by atoms with Crippen LogP contribution in [0.25, 0.3) is 5.82 Å². The Balaban J connectivity index is 1.68. The highest BCUT2D eigenvalue weighted by Crippen LogP contribution is 2.11. The van der Waals surface area contributed by atoms with Crippen LogP contribution in [0, 0.1) is 0 Å². The van der Waals surface area contributed by atoms with Crippen molar-refractivity contribution in [1.29, 1.82) is 0 Å². The third-order valence-electron chi connectivity index (χ3n) is 3.04. The smallest absolute Gasteiger partial charge is 0.137 e. The molecule has 0 atom stereocenters. The topological polar surface area (TPSA) is 47.7 Å². The Kier molecular flexibility index (Phi) is 3.02. The summed E-state index contributed by atoms with van der Waals surface area (Å²) < 4.78 is 3.97. The maximum absolute atomic E-state index is 4.40. The van der Waals surface area contributed by atoms with Crippen molar-refractivity contribution in [3.8, 4) is 5.82 Å². The van der Waals surface area contributed by atoms with Gasteiger partial charge in [0, 0.05) is 31.3 Å². The number of nitrogens with one attached hydrogen (secondary N) is 1. The van der Waals surface area contributed by atoms with Gasteiger partial charge in [-0.15, -0.1) is 0 Å². The van der Waals surface area contributed by atoms with Crippen LogP contribution in [0.3, 0.4) is 0 Å². The molecule has 0 unspecified atom stereocenters. The molecule has 3 aromatic rings. The molecule has 0 aliphatic carbocycles. The Hall–Kier alpha value is -2.56. The summed E-state index contributed by atoms with van der Waals surface area (Å²) in [7, 11) is 2.04. The van der Waals surface area contributed by atoms with Gasteiger partial charge in [0.1, 0.15) is 12.1 Å². The Bertz CT molecular complexity index is 637. The summed E-state index contributed by atoms with van der Waals surface area (Å²) in [6, 6.07) is 8.12. The molecule has 3 heterocycles. The van der Waals surface area contributed by atoms with Gasteiger partial charge in [0.05, 0.1) is 18.4 Å². The number of hydrogen-bond acceptors (Lipinski definition) is 3. The lowest BCUT2D eigenvalue weighted by Crippen LogP contribution is -2.04. The Morgan fingerprint density at radius 2 is 2.16 bits per heavy atom. The largest absolute Gasteiger partial charge is 0.378 e. The van der Waals surface area contributed by atoms with E-state index in [2.05, 4.69) is 25.9 Å². The predicted molar refractivity (Wildman–Crippen MR) is 74.1 cm³/mol. The van der Waals surface area contributed by atoms with E-state index in [1.165, 1.54) is 5.69 Å². The van der Waals surface area contributed by atoms with Crippen LogP contribution in [0.4, 0.5) is 5.69 Å². The van der Waals surface area contributed by atoms with Gasteiger partial charge in [-0.3, -0.25) is 4.57 Å². The van der Waals surface area contributed by atoms with Gasteiger partial charge < -0.3 is 9.88 Å². The molecule has 0 radical (unpaired) electrons. The number of imidazole rings is 1. The van der Waals surface area contributed by atoms with Crippen LogP contribution in [0.2, 0.25) is 0 Å². The highest BCUT2D eigenvalue weighted by atomic mass is 15.1. The van der Waals surface area contributed by atoms with E-state index in [0.29, 0.717) is 0 Å². The third-order valence-corrected chi connectivity index (χ3v) is 3.04. The van der Waals surface area contributed by atoms with Crippen LogP contribution in [0.15, 0.2) is 55.4 Å². The zero-order chi connectivity index (χ0) is 13.1. The maximum Gasteiger partial charge on any atom is 0.137 e. The predicted octanol–water partition coefficient (Wildman–Crippen LogP) is 2.22. The lowest BCUT2D eigenvalue weighted by atomic mass is 10.3. The van der Waals surface area contributed by atoms with E-state index in [1.54, 1.807) is 12.5 Å². The third kappa shape index (κ3) is 2.49. The van der Waals surface area contributed by atoms with Crippen molar-refractivity contribution in [2.75, 3.05) is 5.32 Å². The second kappa shape index (κ2) is 4.97. The summed E-state index contributed by atoms with van der Waals surface area (Å²) in [6.45, 7) is 0.787. The molecule has 0 saturated carbocycles. The van der Waals surface area contributed by atoms with Crippen LogP contribution < -0.4 is 5.32 Å². The zero-order valence-electron chi connectivity index (χ0n) is 10.7. The molecule has 96 valence electrons. The number of rotatable bonds is 4. The fraction of sp³-hybridized carbons (Fsp3) is 0.143. The summed E-state index contributed by atoms with van der Waals surface area (Å²) in [5.41, 5.74) is 2.24. The lowest BCUT2D eigenvalue weighted by molar-refractivity contribution is 0.842. The first-order chi connectivity index (χ1) is 9.33. The average molecular weight is 253 g/mol. The average Bonchev–Trinajstić information content (AvgIpc) is 3.09. The molecule has 1 N–H and O–H groups in total. The number of nitrogens with zero attached hydrogens (tertiary/aromatic N) is 4. The Morgan fingerprint density at radius 3 is 2.79 bits per heavy atom. The van der Waals surface area contributed by atoms with Gasteiger partial charge in [0.25, 0.3) is 0 Å². The summed E-state index contributed by atoms with van der Waals surface area (Å²) in [5.74, 6) is 0.863. The zero-order valence-corrected chi connectivity index (χ0v) is 10.7. The summed E-state index contributed by atoms with van der Waals surface area (Å²) in [6.07, 6.45) is 9.22. The molecule has 5 heteroatoms. The molecule has 0 saturated heterocycles. The molecule has 3 aromatic heterocycles. The molecule has 0 bridgehead atoms. The minimum atomic E-state index is 0.787. The second-order valence-electron chi connectivity index (χ2n) is 4.34. The van der Waals surface area contributed by atoms with Gasteiger partial charge in [-0.25, -0.2) is 9.97 Å². The first-order valence-corrected chi connectivity index (χ1v) is 6.11. The molecular formula is C14H15N5. The quantitative estimate of drug-likeness (QED) is 0.775. The monoisotopic (exact) mass is 253 g/mol. The van der Waals surface area contributed by atoms with E-state index in [1.807, 2.05) is 48.4 Å². The van der Waals surface area contributed by atoms with E-state index >= 15 is 0 Å². The molecule has 0 fully saturated rings. The minimum absolute atomic E-state index is 0.787. The molecule has 0 aliphatic heterocycles. The van der Waals surface area contributed by atoms with Crippen LogP contribution >= 0.6 is 0 Å². The van der Waals surface area contributed by atoms with Gasteiger partial charge in [-0.1, -0.05) is 0 Å². The van der Waals surface area contributed by atoms with E-state index < -0.39 is 0 Å². The molecule has 0 aliphatic rings. The first kappa shape index (κ1) is 11.5. The van der Waals surface area contributed by atoms with Crippen LogP contribution in [0.1, 0.15) is 5.69 Å². The minimum Gasteiger partial charge on any atom is -0.378 e. The molecule has 3 rings (SSSR count). The standard InChI is InChI=1S/C14H15N5/c1-18-7-2-3-13(18)10-16-12-4-5-14(17-9-12)19-8-6-15-11-19/h2-9,11,16H,10H2,1H3. The van der Waals surface area contributed by atoms with Gasteiger partial charge in [0.15, 0.2) is 0 Å². The van der Waals surface area contributed by atoms with E-state index in [4.69, 9.17) is 0 Å². The van der Waals surface area contributed by atoms with Crippen molar-refractivity contribution in [3.63, 3.8) is 0 Å². The van der Waals surface area contributed by atoms with Crippen molar-refractivity contribution in [2.45, 2.75) is 6.54 Å². The molecule has 5 nitrogen and oxygen atoms in total. The fourth-order valence-corrected chi connectivity index (χ4v) is 1.91. The summed E-state index contributed by atoms with van der Waals surface area (Å²) >= 11 is 0. The van der Waals surface area contributed by atoms with Crippen molar-refractivity contribution >= 4 is 5.69 Å². The number of aryl methyl sites for hydroxylation is 1. The molecular weight excluding hydrogens is 238 g/mol. The van der Waals surface area contributed by atoms with Crippen LogP contribution in [0.5, 0.6) is 0 Å². The van der Waals surface area contributed by atoms with E-state index in [-0.39, 0.29) is 0 Å². The number of hydrogen-bond donors (Lipinski definition) is 1. The number of aromatic nitrogens is 4. The lowest BCUT2D eigenvalue weighted by Gasteiger charge is -2.08. The summed E-state index contributed by atoms with van der Waals surface area (Å²) in [5, 5.41) is 3.35. The number of pyridine rings is 1.